The third-order valence-corrected chi connectivity index (χ3v) is 6.03. The Bertz CT molecular complexity index is 1500. The maximum atomic E-state index is 13.2. The van der Waals surface area contributed by atoms with Gasteiger partial charge in [0.1, 0.15) is 22.2 Å². The number of ether oxygens (including phenoxy) is 3. The molecule has 10 nitrogen and oxygen atoms in total. The zero-order chi connectivity index (χ0) is 28.1. The van der Waals surface area contributed by atoms with Crippen LogP contribution >= 0.6 is 11.6 Å². The number of nitrogens with one attached hydrogen (secondary N) is 2. The van der Waals surface area contributed by atoms with Gasteiger partial charge in [0.2, 0.25) is 0 Å². The number of esters is 1. The molecule has 0 unspecified atom stereocenters. The summed E-state index contributed by atoms with van der Waals surface area (Å²) in [5.74, 6) is -1.66. The predicted molar refractivity (Wildman–Crippen MR) is 145 cm³/mol. The van der Waals surface area contributed by atoms with E-state index in [0.717, 1.165) is 4.90 Å². The molecule has 3 amide bonds. The molecule has 0 bridgehead atoms. The van der Waals surface area contributed by atoms with Crippen molar-refractivity contribution in [3.8, 4) is 11.5 Å². The van der Waals surface area contributed by atoms with E-state index < -0.39 is 23.7 Å². The largest absolute Gasteiger partial charge is 0.497 e. The van der Waals surface area contributed by atoms with Crippen molar-refractivity contribution >= 4 is 52.4 Å². The molecule has 0 fully saturated rings. The lowest BCUT2D eigenvalue weighted by molar-refractivity contribution is -0.120. The van der Waals surface area contributed by atoms with Crippen LogP contribution < -0.4 is 25.0 Å². The number of carbonyl (C=O) groups excluding carboxylic acids is 4. The Kier molecular flexibility index (Phi) is 8.16. The average Bonchev–Trinajstić information content (AvgIpc) is 3.15. The third-order valence-electron chi connectivity index (χ3n) is 5.68. The minimum atomic E-state index is -0.733. The summed E-state index contributed by atoms with van der Waals surface area (Å²) < 4.78 is 15.5. The highest BCUT2D eigenvalue weighted by molar-refractivity contribution is 6.53. The Morgan fingerprint density at radius 1 is 0.872 bits per heavy atom. The molecule has 11 heteroatoms. The van der Waals surface area contributed by atoms with Crippen molar-refractivity contribution in [3.05, 3.63) is 88.6 Å². The van der Waals surface area contributed by atoms with Gasteiger partial charge < -0.3 is 24.8 Å². The number of hydrogen-bond acceptors (Lipinski definition) is 8. The molecule has 39 heavy (non-hydrogen) atoms. The second-order valence-corrected chi connectivity index (χ2v) is 8.51. The Labute approximate surface area is 229 Å². The number of methoxy groups -OCH3 is 2. The molecule has 3 aromatic rings. The first-order chi connectivity index (χ1) is 18.8. The molecule has 0 saturated carbocycles. The molecule has 4 rings (SSSR count). The van der Waals surface area contributed by atoms with Gasteiger partial charge >= 0.3 is 5.97 Å². The molecular formula is C28H24ClN3O7. The molecule has 0 aromatic heterocycles. The molecule has 1 heterocycles. The highest BCUT2D eigenvalue weighted by Gasteiger charge is 2.40. The van der Waals surface area contributed by atoms with E-state index >= 15 is 0 Å². The number of imide groups is 1. The van der Waals surface area contributed by atoms with E-state index in [-0.39, 0.29) is 34.3 Å². The second kappa shape index (κ2) is 11.7. The van der Waals surface area contributed by atoms with Gasteiger partial charge in [0.25, 0.3) is 17.7 Å². The summed E-state index contributed by atoms with van der Waals surface area (Å²) in [5, 5.41) is 5.27. The Balaban J connectivity index is 1.53. The standard InChI is InChI=1S/C28H24ClN3O7/c1-4-39-28(36)17-8-6-10-19(14-17)31-25(33)16-7-5-9-18(13-16)30-24-23(29)26(34)32(27(24)35)21-12-11-20(37-2)15-22(21)38-3/h5-15,30H,4H2,1-3H3,(H,31,33). The molecule has 1 aliphatic heterocycles. The van der Waals surface area contributed by atoms with Gasteiger partial charge in [-0.15, -0.1) is 0 Å². The fourth-order valence-electron chi connectivity index (χ4n) is 3.82. The molecule has 0 spiro atoms. The lowest BCUT2D eigenvalue weighted by atomic mass is 10.1. The van der Waals surface area contributed by atoms with Gasteiger partial charge in [-0.3, -0.25) is 14.4 Å². The highest BCUT2D eigenvalue weighted by atomic mass is 35.5. The highest BCUT2D eigenvalue weighted by Crippen LogP contribution is 2.37. The summed E-state index contributed by atoms with van der Waals surface area (Å²) >= 11 is 6.27. The molecule has 3 aromatic carbocycles. The van der Waals surface area contributed by atoms with Crippen LogP contribution in [0.25, 0.3) is 0 Å². The number of carbonyl (C=O) groups is 4. The molecule has 0 radical (unpaired) electrons. The zero-order valence-electron chi connectivity index (χ0n) is 21.2. The van der Waals surface area contributed by atoms with Crippen LogP contribution in [0.5, 0.6) is 11.5 Å². The number of rotatable bonds is 9. The molecule has 2 N–H and O–H groups in total. The molecule has 200 valence electrons. The number of nitrogens with zero attached hydrogens (tertiary/aromatic N) is 1. The normalized spacial score (nSPS) is 12.9. The van der Waals surface area contributed by atoms with E-state index in [2.05, 4.69) is 10.6 Å². The minimum absolute atomic E-state index is 0.153. The van der Waals surface area contributed by atoms with Crippen molar-refractivity contribution < 1.29 is 33.4 Å². The predicted octanol–water partition coefficient (Wildman–Crippen LogP) is 4.57. The molecule has 0 aliphatic carbocycles. The quantitative estimate of drug-likeness (QED) is 0.294. The number of benzene rings is 3. The summed E-state index contributed by atoms with van der Waals surface area (Å²) in [6.45, 7) is 1.94. The van der Waals surface area contributed by atoms with Crippen LogP contribution in [0.4, 0.5) is 17.1 Å². The lowest BCUT2D eigenvalue weighted by Crippen LogP contribution is -2.32. The van der Waals surface area contributed by atoms with Crippen molar-refractivity contribution in [2.45, 2.75) is 6.92 Å². The van der Waals surface area contributed by atoms with Crippen molar-refractivity contribution in [3.63, 3.8) is 0 Å². The molecule has 1 aliphatic rings. The maximum Gasteiger partial charge on any atom is 0.338 e. The van der Waals surface area contributed by atoms with Gasteiger partial charge in [-0.05, 0) is 55.5 Å². The van der Waals surface area contributed by atoms with E-state index in [1.54, 1.807) is 55.5 Å². The molecule has 0 atom stereocenters. The van der Waals surface area contributed by atoms with Crippen molar-refractivity contribution in [2.24, 2.45) is 0 Å². The van der Waals surface area contributed by atoms with E-state index in [0.29, 0.717) is 22.7 Å². The fourth-order valence-corrected chi connectivity index (χ4v) is 4.04. The first-order valence-electron chi connectivity index (χ1n) is 11.7. The summed E-state index contributed by atoms with van der Waals surface area (Å²) in [7, 11) is 2.89. The summed E-state index contributed by atoms with van der Waals surface area (Å²) in [6.07, 6.45) is 0. The maximum absolute atomic E-state index is 13.2. The Hall–Kier alpha value is -4.83. The van der Waals surface area contributed by atoms with Gasteiger partial charge in [-0.2, -0.15) is 0 Å². The van der Waals surface area contributed by atoms with Gasteiger partial charge in [0.15, 0.2) is 0 Å². The van der Waals surface area contributed by atoms with Gasteiger partial charge in [-0.25, -0.2) is 9.69 Å². The number of amides is 3. The second-order valence-electron chi connectivity index (χ2n) is 8.13. The topological polar surface area (TPSA) is 123 Å². The van der Waals surface area contributed by atoms with E-state index in [1.165, 1.54) is 32.4 Å². The van der Waals surface area contributed by atoms with Crippen molar-refractivity contribution in [1.82, 2.24) is 0 Å². The summed E-state index contributed by atoms with van der Waals surface area (Å²) in [5.41, 5.74) is 1.34. The third kappa shape index (κ3) is 5.70. The first kappa shape index (κ1) is 27.2. The van der Waals surface area contributed by atoms with Crippen LogP contribution in [0, 0.1) is 0 Å². The van der Waals surface area contributed by atoms with Crippen LogP contribution in [0.3, 0.4) is 0 Å². The Morgan fingerprint density at radius 3 is 2.26 bits per heavy atom. The van der Waals surface area contributed by atoms with E-state index in [9.17, 15) is 19.2 Å². The molecule has 0 saturated heterocycles. The summed E-state index contributed by atoms with van der Waals surface area (Å²) in [4.78, 5) is 52.0. The first-order valence-corrected chi connectivity index (χ1v) is 12.1. The van der Waals surface area contributed by atoms with E-state index in [4.69, 9.17) is 25.8 Å². The van der Waals surface area contributed by atoms with Crippen LogP contribution in [-0.4, -0.2) is 44.5 Å². The van der Waals surface area contributed by atoms with Gasteiger partial charge in [-0.1, -0.05) is 23.7 Å². The van der Waals surface area contributed by atoms with Gasteiger partial charge in [0, 0.05) is 23.0 Å². The Morgan fingerprint density at radius 2 is 1.56 bits per heavy atom. The van der Waals surface area contributed by atoms with Crippen LogP contribution in [0.1, 0.15) is 27.6 Å². The zero-order valence-corrected chi connectivity index (χ0v) is 22.0. The minimum Gasteiger partial charge on any atom is -0.497 e. The smallest absolute Gasteiger partial charge is 0.338 e. The van der Waals surface area contributed by atoms with Crippen LogP contribution in [0.2, 0.25) is 0 Å². The number of halogens is 1. The number of hydrogen-bond donors (Lipinski definition) is 2. The van der Waals surface area contributed by atoms with Crippen LogP contribution in [-0.2, 0) is 14.3 Å². The SMILES string of the molecule is CCOC(=O)c1cccc(NC(=O)c2cccc(NC3=C(Cl)C(=O)N(c4ccc(OC)cc4OC)C3=O)c2)c1. The van der Waals surface area contributed by atoms with E-state index in [1.807, 2.05) is 0 Å². The lowest BCUT2D eigenvalue weighted by Gasteiger charge is -2.18. The average molecular weight is 550 g/mol. The van der Waals surface area contributed by atoms with Crippen LogP contribution in [0.15, 0.2) is 77.5 Å². The fraction of sp³-hybridized carbons (Fsp3) is 0.143. The molecular weight excluding hydrogens is 526 g/mol. The van der Waals surface area contributed by atoms with Crippen molar-refractivity contribution in [2.75, 3.05) is 36.4 Å². The number of anilines is 3. The monoisotopic (exact) mass is 549 g/mol. The van der Waals surface area contributed by atoms with Crippen molar-refractivity contribution in [1.29, 1.82) is 0 Å². The summed E-state index contributed by atoms with van der Waals surface area (Å²) in [6, 6.07) is 17.3. The van der Waals surface area contributed by atoms with Gasteiger partial charge in [0.05, 0.1) is 32.1 Å².